The summed E-state index contributed by atoms with van der Waals surface area (Å²) in [6.07, 6.45) is 1.88. The largest absolute Gasteiger partial charge is 0.339 e. The lowest BCUT2D eigenvalue weighted by Crippen LogP contribution is -2.35. The Morgan fingerprint density at radius 1 is 1.21 bits per heavy atom. The summed E-state index contributed by atoms with van der Waals surface area (Å²) in [4.78, 5) is 0. The molecule has 0 fully saturated rings. The molecule has 122 valence electrons. The predicted molar refractivity (Wildman–Crippen MR) is 105 cm³/mol. The van der Waals surface area contributed by atoms with Gasteiger partial charge in [0.25, 0.3) is 0 Å². The third-order valence-electron chi connectivity index (χ3n) is 3.61. The van der Waals surface area contributed by atoms with Crippen LogP contribution >= 0.6 is 34.5 Å². The first-order valence-corrected chi connectivity index (χ1v) is 9.13. The zero-order valence-corrected chi connectivity index (χ0v) is 15.6. The molecule has 0 spiro atoms. The van der Waals surface area contributed by atoms with E-state index in [1.54, 1.807) is 17.4 Å². The molecule has 0 atom stereocenters. The van der Waals surface area contributed by atoms with Crippen LogP contribution in [0.3, 0.4) is 0 Å². The highest BCUT2D eigenvalue weighted by atomic mass is 35.5. The minimum absolute atomic E-state index is 0.632. The molecule has 3 aromatic rings. The van der Waals surface area contributed by atoms with Crippen molar-refractivity contribution >= 4 is 45.4 Å². The first-order chi connectivity index (χ1) is 11.6. The van der Waals surface area contributed by atoms with Gasteiger partial charge in [0.15, 0.2) is 0 Å². The van der Waals surface area contributed by atoms with Crippen molar-refractivity contribution in [3.63, 3.8) is 0 Å². The number of hydrogen-bond donors (Lipinski definition) is 1. The average Bonchev–Trinajstić information content (AvgIpc) is 2.91. The fraction of sp³-hybridized carbons (Fsp3) is 0.105. The molecule has 0 amide bonds. The van der Waals surface area contributed by atoms with E-state index in [0.29, 0.717) is 16.6 Å². The summed E-state index contributed by atoms with van der Waals surface area (Å²) in [5, 5.41) is 7.88. The number of aromatic nitrogens is 1. The smallest absolute Gasteiger partial charge is 0.231 e. The lowest BCUT2D eigenvalue weighted by atomic mass is 10.1. The van der Waals surface area contributed by atoms with Crippen LogP contribution in [0.1, 0.15) is 5.56 Å². The molecule has 0 aliphatic heterocycles. The van der Waals surface area contributed by atoms with Gasteiger partial charge in [0.2, 0.25) is 0 Å². The maximum absolute atomic E-state index is 6.39. The molecular weight excluding hydrogens is 359 g/mol. The van der Waals surface area contributed by atoms with Crippen molar-refractivity contribution in [3.8, 4) is 11.3 Å². The Hall–Kier alpha value is -1.81. The van der Waals surface area contributed by atoms with E-state index in [9.17, 15) is 0 Å². The first kappa shape index (κ1) is 17.0. The number of allylic oxidation sites excluding steroid dienone is 1. The second-order valence-electron chi connectivity index (χ2n) is 5.44. The van der Waals surface area contributed by atoms with Crippen LogP contribution in [0.4, 0.5) is 10.8 Å². The maximum Gasteiger partial charge on any atom is 0.339 e. The molecule has 0 unspecified atom stereocenters. The van der Waals surface area contributed by atoms with E-state index in [4.69, 9.17) is 23.2 Å². The number of rotatable bonds is 5. The molecule has 24 heavy (non-hydrogen) atoms. The fourth-order valence-corrected chi connectivity index (χ4v) is 3.97. The van der Waals surface area contributed by atoms with Crippen molar-refractivity contribution in [1.29, 1.82) is 0 Å². The molecule has 0 radical (unpaired) electrons. The van der Waals surface area contributed by atoms with E-state index in [1.807, 2.05) is 24.3 Å². The molecule has 2 aromatic carbocycles. The van der Waals surface area contributed by atoms with Crippen molar-refractivity contribution in [2.45, 2.75) is 13.5 Å². The summed E-state index contributed by atoms with van der Waals surface area (Å²) in [6, 6.07) is 13.9. The van der Waals surface area contributed by atoms with E-state index in [-0.39, 0.29) is 0 Å². The van der Waals surface area contributed by atoms with E-state index in [1.165, 1.54) is 5.56 Å². The monoisotopic (exact) mass is 375 g/mol. The molecule has 1 aromatic heterocycles. The minimum Gasteiger partial charge on any atom is -0.231 e. The van der Waals surface area contributed by atoms with Gasteiger partial charge in [-0.2, -0.15) is 0 Å². The van der Waals surface area contributed by atoms with Gasteiger partial charge < -0.3 is 0 Å². The number of thiazole rings is 1. The fourth-order valence-electron chi connectivity index (χ4n) is 2.51. The Morgan fingerprint density at radius 2 is 2.04 bits per heavy atom. The Kier molecular flexibility index (Phi) is 5.24. The Bertz CT molecular complexity index is 887. The van der Waals surface area contributed by atoms with Crippen molar-refractivity contribution in [3.05, 3.63) is 76.1 Å². The summed E-state index contributed by atoms with van der Waals surface area (Å²) in [5.41, 5.74) is 4.27. The molecule has 2 nitrogen and oxygen atoms in total. The van der Waals surface area contributed by atoms with Crippen LogP contribution in [-0.4, -0.2) is 0 Å². The van der Waals surface area contributed by atoms with E-state index in [2.05, 4.69) is 47.0 Å². The van der Waals surface area contributed by atoms with Crippen molar-refractivity contribution in [1.82, 2.24) is 0 Å². The molecule has 0 bridgehead atoms. The molecule has 0 saturated carbocycles. The van der Waals surface area contributed by atoms with Gasteiger partial charge in [-0.25, -0.2) is 9.88 Å². The highest BCUT2D eigenvalue weighted by molar-refractivity contribution is 7.13. The van der Waals surface area contributed by atoms with Gasteiger partial charge in [0, 0.05) is 16.0 Å². The van der Waals surface area contributed by atoms with Crippen LogP contribution in [0.5, 0.6) is 0 Å². The number of benzene rings is 2. The number of aryl methyl sites for hydroxylation is 1. The van der Waals surface area contributed by atoms with Crippen molar-refractivity contribution < 1.29 is 4.57 Å². The quantitative estimate of drug-likeness (QED) is 0.411. The van der Waals surface area contributed by atoms with Crippen LogP contribution in [-0.2, 0) is 6.54 Å². The van der Waals surface area contributed by atoms with Gasteiger partial charge in [-0.15, -0.1) is 0 Å². The van der Waals surface area contributed by atoms with Crippen LogP contribution in [0.15, 0.2) is 60.5 Å². The Labute approximate surface area is 156 Å². The highest BCUT2D eigenvalue weighted by Crippen LogP contribution is 2.32. The molecule has 1 N–H and O–H groups in total. The third kappa shape index (κ3) is 3.64. The summed E-state index contributed by atoms with van der Waals surface area (Å²) in [6.45, 7) is 6.64. The van der Waals surface area contributed by atoms with Gasteiger partial charge >= 0.3 is 5.13 Å². The average molecular weight is 376 g/mol. The topological polar surface area (TPSA) is 15.9 Å². The zero-order valence-electron chi connectivity index (χ0n) is 13.2. The minimum atomic E-state index is 0.632. The lowest BCUT2D eigenvalue weighted by molar-refractivity contribution is -0.657. The summed E-state index contributed by atoms with van der Waals surface area (Å²) >= 11 is 14.0. The van der Waals surface area contributed by atoms with Crippen LogP contribution < -0.4 is 9.88 Å². The molecule has 0 aliphatic carbocycles. The predicted octanol–water partition coefficient (Wildman–Crippen LogP) is 6.25. The van der Waals surface area contributed by atoms with Gasteiger partial charge in [0.05, 0.1) is 5.02 Å². The lowest BCUT2D eigenvalue weighted by Gasteiger charge is -2.06. The van der Waals surface area contributed by atoms with Crippen LogP contribution in [0.25, 0.3) is 11.3 Å². The number of hydrogen-bond acceptors (Lipinski definition) is 2. The number of halogens is 2. The highest BCUT2D eigenvalue weighted by Gasteiger charge is 2.20. The third-order valence-corrected chi connectivity index (χ3v) is 5.04. The zero-order chi connectivity index (χ0) is 17.1. The van der Waals surface area contributed by atoms with Gasteiger partial charge in [-0.3, -0.25) is 0 Å². The number of nitrogens with one attached hydrogen (secondary N) is 1. The first-order valence-electron chi connectivity index (χ1n) is 7.50. The molecule has 1 heterocycles. The summed E-state index contributed by atoms with van der Waals surface area (Å²) < 4.78 is 2.16. The standard InChI is InChI=1S/C19H16Cl2N2S/c1-3-9-23-18(16-8-7-14(20)11-17(16)21)12-24-19(23)22-15-6-4-5-13(2)10-15/h3-8,10-12H,1,9H2,2H3/p+1. The second-order valence-corrected chi connectivity index (χ2v) is 7.15. The number of nitrogens with zero attached hydrogens (tertiary/aromatic N) is 1. The SMILES string of the molecule is C=CC[n+]1c(-c2ccc(Cl)cc2Cl)csc1Nc1cccc(C)c1. The van der Waals surface area contributed by atoms with Gasteiger partial charge in [-0.05, 0) is 42.8 Å². The normalized spacial score (nSPS) is 10.6. The maximum atomic E-state index is 6.39. The molecular formula is C19H17Cl2N2S+. The molecule has 0 aliphatic rings. The van der Waals surface area contributed by atoms with E-state index in [0.717, 1.165) is 22.1 Å². The molecule has 3 rings (SSSR count). The Morgan fingerprint density at radius 3 is 2.75 bits per heavy atom. The Balaban J connectivity index is 2.02. The number of anilines is 2. The van der Waals surface area contributed by atoms with E-state index >= 15 is 0 Å². The van der Waals surface area contributed by atoms with Gasteiger partial charge in [-0.1, -0.05) is 59.3 Å². The van der Waals surface area contributed by atoms with Crippen LogP contribution in [0, 0.1) is 6.92 Å². The van der Waals surface area contributed by atoms with Gasteiger partial charge in [0.1, 0.15) is 17.9 Å². The van der Waals surface area contributed by atoms with Crippen LogP contribution in [0.2, 0.25) is 10.0 Å². The second kappa shape index (κ2) is 7.39. The summed E-state index contributed by atoms with van der Waals surface area (Å²) in [7, 11) is 0. The summed E-state index contributed by atoms with van der Waals surface area (Å²) in [5.74, 6) is 0. The van der Waals surface area contributed by atoms with Crippen molar-refractivity contribution in [2.24, 2.45) is 0 Å². The van der Waals surface area contributed by atoms with Crippen molar-refractivity contribution in [2.75, 3.05) is 5.32 Å². The molecule has 0 saturated heterocycles. The molecule has 5 heteroatoms. The van der Waals surface area contributed by atoms with E-state index < -0.39 is 0 Å².